The molecule has 1 aromatic rings. The van der Waals surface area contributed by atoms with Crippen LogP contribution in [0.15, 0.2) is 18.3 Å². The zero-order chi connectivity index (χ0) is 26.9. The van der Waals surface area contributed by atoms with Crippen molar-refractivity contribution in [2.24, 2.45) is 5.92 Å². The van der Waals surface area contributed by atoms with Gasteiger partial charge in [-0.2, -0.15) is 18.4 Å². The van der Waals surface area contributed by atoms with Gasteiger partial charge in [0, 0.05) is 51.0 Å². The Bertz CT molecular complexity index is 1060. The molecule has 1 aromatic heterocycles. The molecule has 0 spiro atoms. The number of hydrogen-bond donors (Lipinski definition) is 2. The SMILES string of the molecule is N#Cc1ccc(N2CCN(C(=O)C[C@@H]3CC[C@@H]([C@@H]4CCCN4C4CNNC(=O)C4C(F)(F)F)O3)CC2)nc1. The summed E-state index contributed by atoms with van der Waals surface area (Å²) in [6.45, 7) is 2.90. The molecule has 2 amide bonds. The van der Waals surface area contributed by atoms with E-state index in [9.17, 15) is 22.8 Å². The number of carbonyl (C=O) groups excluding carboxylic acids is 2. The molecule has 10 nitrogen and oxygen atoms in total. The van der Waals surface area contributed by atoms with Gasteiger partial charge in [0.05, 0.1) is 24.2 Å². The average molecular weight is 536 g/mol. The fourth-order valence-corrected chi connectivity index (χ4v) is 6.23. The number of hydrogen-bond acceptors (Lipinski definition) is 8. The quantitative estimate of drug-likeness (QED) is 0.578. The molecule has 13 heteroatoms. The molecule has 2 unspecified atom stereocenters. The number of pyridine rings is 1. The average Bonchev–Trinajstić information content (AvgIpc) is 3.57. The van der Waals surface area contributed by atoms with E-state index in [1.807, 2.05) is 11.0 Å². The number of anilines is 1. The number of nitriles is 1. The minimum Gasteiger partial charge on any atom is -0.373 e. The number of hydrazine groups is 1. The van der Waals surface area contributed by atoms with Crippen molar-refractivity contribution in [3.63, 3.8) is 0 Å². The highest BCUT2D eigenvalue weighted by Crippen LogP contribution is 2.38. The zero-order valence-electron chi connectivity index (χ0n) is 21.0. The molecule has 4 aliphatic heterocycles. The van der Waals surface area contributed by atoms with E-state index in [4.69, 9.17) is 10.00 Å². The van der Waals surface area contributed by atoms with Gasteiger partial charge >= 0.3 is 6.18 Å². The van der Waals surface area contributed by atoms with E-state index in [0.29, 0.717) is 57.5 Å². The highest BCUT2D eigenvalue weighted by molar-refractivity contribution is 5.80. The number of aromatic nitrogens is 1. The highest BCUT2D eigenvalue weighted by Gasteiger charge is 2.55. The number of halogens is 3. The molecule has 0 bridgehead atoms. The van der Waals surface area contributed by atoms with Crippen LogP contribution in [-0.4, -0.2) is 96.3 Å². The van der Waals surface area contributed by atoms with Crippen molar-refractivity contribution in [3.8, 4) is 6.07 Å². The fourth-order valence-electron chi connectivity index (χ4n) is 6.23. The first kappa shape index (κ1) is 26.6. The van der Waals surface area contributed by atoms with Crippen LogP contribution >= 0.6 is 0 Å². The molecular weight excluding hydrogens is 503 g/mol. The molecule has 5 heterocycles. The summed E-state index contributed by atoms with van der Waals surface area (Å²) in [6, 6.07) is 4.39. The van der Waals surface area contributed by atoms with Gasteiger partial charge in [-0.05, 0) is 44.4 Å². The minimum atomic E-state index is -4.63. The number of carbonyl (C=O) groups is 2. The number of piperazine rings is 1. The monoisotopic (exact) mass is 535 g/mol. The van der Waals surface area contributed by atoms with Crippen LogP contribution in [0.3, 0.4) is 0 Å². The van der Waals surface area contributed by atoms with Crippen LogP contribution in [0.2, 0.25) is 0 Å². The third-order valence-corrected chi connectivity index (χ3v) is 8.12. The zero-order valence-corrected chi connectivity index (χ0v) is 21.0. The maximum Gasteiger partial charge on any atom is 0.402 e. The summed E-state index contributed by atoms with van der Waals surface area (Å²) in [6.07, 6.45) is -0.550. The molecular formula is C25H32F3N7O3. The molecule has 4 aliphatic rings. The Labute approximate surface area is 219 Å². The van der Waals surface area contributed by atoms with E-state index in [-0.39, 0.29) is 37.1 Å². The third-order valence-electron chi connectivity index (χ3n) is 8.12. The van der Waals surface area contributed by atoms with Gasteiger partial charge in [-0.15, -0.1) is 0 Å². The Balaban J connectivity index is 1.13. The lowest BCUT2D eigenvalue weighted by atomic mass is 9.93. The Morgan fingerprint density at radius 2 is 1.92 bits per heavy atom. The number of ether oxygens (including phenoxy) is 1. The summed E-state index contributed by atoms with van der Waals surface area (Å²) in [5.74, 6) is -2.35. The normalized spacial score (nSPS) is 30.8. The Kier molecular flexibility index (Phi) is 7.74. The molecule has 5 atom stereocenters. The van der Waals surface area contributed by atoms with Gasteiger partial charge in [0.15, 0.2) is 5.92 Å². The predicted molar refractivity (Wildman–Crippen MR) is 129 cm³/mol. The van der Waals surface area contributed by atoms with Crippen LogP contribution in [0.1, 0.15) is 37.7 Å². The molecule has 4 fully saturated rings. The van der Waals surface area contributed by atoms with Crippen molar-refractivity contribution in [1.29, 1.82) is 5.26 Å². The summed E-state index contributed by atoms with van der Waals surface area (Å²) in [5, 5.41) is 8.93. The lowest BCUT2D eigenvalue weighted by Crippen LogP contribution is -2.65. The Morgan fingerprint density at radius 3 is 2.61 bits per heavy atom. The molecule has 0 saturated carbocycles. The maximum atomic E-state index is 13.7. The molecule has 38 heavy (non-hydrogen) atoms. The van der Waals surface area contributed by atoms with Crippen LogP contribution in [-0.2, 0) is 14.3 Å². The predicted octanol–water partition coefficient (Wildman–Crippen LogP) is 1.19. The van der Waals surface area contributed by atoms with Crippen molar-refractivity contribution in [1.82, 2.24) is 25.6 Å². The Morgan fingerprint density at radius 1 is 1.13 bits per heavy atom. The number of rotatable bonds is 5. The summed E-state index contributed by atoms with van der Waals surface area (Å²) in [5.41, 5.74) is 5.24. The summed E-state index contributed by atoms with van der Waals surface area (Å²) < 4.78 is 47.4. The van der Waals surface area contributed by atoms with E-state index in [1.54, 1.807) is 11.0 Å². The number of alkyl halides is 3. The van der Waals surface area contributed by atoms with Gasteiger partial charge in [-0.25, -0.2) is 10.4 Å². The molecule has 4 saturated heterocycles. The molecule has 0 radical (unpaired) electrons. The maximum absolute atomic E-state index is 13.7. The van der Waals surface area contributed by atoms with Gasteiger partial charge in [0.2, 0.25) is 11.8 Å². The standard InChI is InChI=1S/C25H32F3N7O3/c26-25(27,28)23-19(15-31-32-24(23)37)35-7-1-2-18(35)20-5-4-17(38-20)12-22(36)34-10-8-33(9-11-34)21-6-3-16(13-29)14-30-21/h3,6,14,17-20,23,31H,1-2,4-5,7-12,15H2,(H,32,37)/t17-,18-,19?,20-,23?/m0/s1. The smallest absolute Gasteiger partial charge is 0.373 e. The lowest BCUT2D eigenvalue weighted by molar-refractivity contribution is -0.202. The number of amides is 2. The molecule has 2 N–H and O–H groups in total. The topological polar surface area (TPSA) is 114 Å². The van der Waals surface area contributed by atoms with E-state index in [1.165, 1.54) is 6.20 Å². The van der Waals surface area contributed by atoms with E-state index in [0.717, 1.165) is 12.2 Å². The number of likely N-dealkylation sites (tertiary alicyclic amines) is 1. The van der Waals surface area contributed by atoms with Crippen LogP contribution < -0.4 is 15.8 Å². The second-order valence-corrected chi connectivity index (χ2v) is 10.4. The van der Waals surface area contributed by atoms with Gasteiger partial charge in [-0.1, -0.05) is 0 Å². The molecule has 0 aliphatic carbocycles. The van der Waals surface area contributed by atoms with Crippen molar-refractivity contribution < 1.29 is 27.5 Å². The van der Waals surface area contributed by atoms with E-state index >= 15 is 0 Å². The van der Waals surface area contributed by atoms with Crippen LogP contribution in [0.25, 0.3) is 0 Å². The van der Waals surface area contributed by atoms with Gasteiger partial charge in [0.1, 0.15) is 11.9 Å². The van der Waals surface area contributed by atoms with Crippen molar-refractivity contribution in [2.45, 2.75) is 62.6 Å². The summed E-state index contributed by atoms with van der Waals surface area (Å²) in [4.78, 5) is 35.1. The fraction of sp³-hybridized carbons (Fsp3) is 0.680. The largest absolute Gasteiger partial charge is 0.402 e. The minimum absolute atomic E-state index is 0.0108. The second-order valence-electron chi connectivity index (χ2n) is 10.4. The first-order chi connectivity index (χ1) is 18.2. The number of nitrogens with one attached hydrogen (secondary N) is 2. The van der Waals surface area contributed by atoms with Gasteiger partial charge < -0.3 is 14.5 Å². The molecule has 5 rings (SSSR count). The highest BCUT2D eigenvalue weighted by atomic mass is 19.4. The molecule has 0 aromatic carbocycles. The van der Waals surface area contributed by atoms with Crippen molar-refractivity contribution in [3.05, 3.63) is 23.9 Å². The lowest BCUT2D eigenvalue weighted by Gasteiger charge is -2.42. The van der Waals surface area contributed by atoms with Gasteiger partial charge in [0.25, 0.3) is 0 Å². The van der Waals surface area contributed by atoms with E-state index in [2.05, 4.69) is 26.8 Å². The van der Waals surface area contributed by atoms with Crippen molar-refractivity contribution >= 4 is 17.6 Å². The third kappa shape index (κ3) is 5.57. The van der Waals surface area contributed by atoms with Crippen LogP contribution in [0.4, 0.5) is 19.0 Å². The van der Waals surface area contributed by atoms with Crippen LogP contribution in [0.5, 0.6) is 0 Å². The summed E-state index contributed by atoms with van der Waals surface area (Å²) >= 11 is 0. The van der Waals surface area contributed by atoms with Crippen LogP contribution in [0, 0.1) is 17.2 Å². The Hall–Kier alpha value is -2.95. The first-order valence-electron chi connectivity index (χ1n) is 13.1. The van der Waals surface area contributed by atoms with E-state index < -0.39 is 24.0 Å². The van der Waals surface area contributed by atoms with Crippen molar-refractivity contribution in [2.75, 3.05) is 44.2 Å². The summed E-state index contributed by atoms with van der Waals surface area (Å²) in [7, 11) is 0. The second kappa shape index (κ2) is 11.0. The number of nitrogens with zero attached hydrogens (tertiary/aromatic N) is 5. The molecule has 206 valence electrons. The van der Waals surface area contributed by atoms with Gasteiger partial charge in [-0.3, -0.25) is 19.9 Å². The first-order valence-corrected chi connectivity index (χ1v) is 13.1.